The molecule has 1 aliphatic rings. The molecule has 3 heterocycles. The highest BCUT2D eigenvalue weighted by atomic mass is 79.9. The zero-order valence-electron chi connectivity index (χ0n) is 13.3. The fourth-order valence-electron chi connectivity index (χ4n) is 2.68. The van der Waals surface area contributed by atoms with Crippen molar-refractivity contribution in [1.82, 2.24) is 20.4 Å². The van der Waals surface area contributed by atoms with Crippen LogP contribution in [0.2, 0.25) is 0 Å². The third-order valence-electron chi connectivity index (χ3n) is 4.06. The molecule has 2 aromatic heterocycles. The van der Waals surface area contributed by atoms with Gasteiger partial charge in [-0.2, -0.15) is 4.98 Å². The fourth-order valence-corrected chi connectivity index (χ4v) is 4.03. The molecular weight excluding hydrogens is 416 g/mol. The van der Waals surface area contributed by atoms with Gasteiger partial charge in [-0.15, -0.1) is 23.7 Å². The Morgan fingerprint density at radius 3 is 2.88 bits per heavy atom. The highest BCUT2D eigenvalue weighted by Crippen LogP contribution is 2.27. The number of aryl methyl sites for hydroxylation is 1. The molecule has 1 aliphatic heterocycles. The van der Waals surface area contributed by atoms with Gasteiger partial charge in [0.2, 0.25) is 17.6 Å². The van der Waals surface area contributed by atoms with Gasteiger partial charge in [0.1, 0.15) is 0 Å². The molecule has 0 atom stereocenters. The Bertz CT molecular complexity index is 670. The summed E-state index contributed by atoms with van der Waals surface area (Å²) < 4.78 is 6.25. The normalized spacial score (nSPS) is 15.3. The molecular formula is C15H20BrClN4O2S. The quantitative estimate of drug-likeness (QED) is 0.781. The Morgan fingerprint density at radius 2 is 2.25 bits per heavy atom. The van der Waals surface area contributed by atoms with E-state index in [1.165, 1.54) is 0 Å². The van der Waals surface area contributed by atoms with Crippen LogP contribution in [0.4, 0.5) is 0 Å². The number of likely N-dealkylation sites (tertiary alicyclic amines) is 1. The molecule has 0 spiro atoms. The third kappa shape index (κ3) is 4.78. The van der Waals surface area contributed by atoms with Gasteiger partial charge in [0.25, 0.3) is 0 Å². The second kappa shape index (κ2) is 8.94. The third-order valence-corrected chi connectivity index (χ3v) is 5.75. The SMILES string of the molecule is CNC1CCN(C(=O)CCc2nc(-c3cc(Br)cs3)no2)CC1.Cl. The van der Waals surface area contributed by atoms with E-state index in [4.69, 9.17) is 4.52 Å². The monoisotopic (exact) mass is 434 g/mol. The first-order valence-corrected chi connectivity index (χ1v) is 9.35. The average Bonchev–Trinajstić information content (AvgIpc) is 3.21. The summed E-state index contributed by atoms with van der Waals surface area (Å²) in [5.74, 6) is 1.26. The number of aromatic nitrogens is 2. The molecule has 1 fully saturated rings. The fraction of sp³-hybridized carbons (Fsp3) is 0.533. The summed E-state index contributed by atoms with van der Waals surface area (Å²) in [4.78, 5) is 19.5. The van der Waals surface area contributed by atoms with Crippen molar-refractivity contribution in [3.63, 3.8) is 0 Å². The van der Waals surface area contributed by atoms with Crippen molar-refractivity contribution in [1.29, 1.82) is 0 Å². The van der Waals surface area contributed by atoms with Gasteiger partial charge in [0.05, 0.1) is 4.88 Å². The Morgan fingerprint density at radius 1 is 1.50 bits per heavy atom. The van der Waals surface area contributed by atoms with Gasteiger partial charge >= 0.3 is 0 Å². The van der Waals surface area contributed by atoms with Gasteiger partial charge in [0.15, 0.2) is 0 Å². The lowest BCUT2D eigenvalue weighted by Gasteiger charge is -2.31. The van der Waals surface area contributed by atoms with Crippen molar-refractivity contribution in [2.45, 2.75) is 31.7 Å². The number of piperidine rings is 1. The summed E-state index contributed by atoms with van der Waals surface area (Å²) in [6, 6.07) is 2.48. The molecule has 0 aliphatic carbocycles. The zero-order chi connectivity index (χ0) is 16.2. The van der Waals surface area contributed by atoms with E-state index in [0.29, 0.717) is 30.6 Å². The van der Waals surface area contributed by atoms with Gasteiger partial charge in [-0.1, -0.05) is 5.16 Å². The molecule has 9 heteroatoms. The highest BCUT2D eigenvalue weighted by molar-refractivity contribution is 9.10. The number of halogens is 2. The first kappa shape index (κ1) is 19.4. The standard InChI is InChI=1S/C15H19BrN4O2S.ClH/c1-17-11-4-6-20(7-5-11)14(21)3-2-13-18-15(19-22-13)12-8-10(16)9-23-12;/h8-9,11,17H,2-7H2,1H3;1H. The molecule has 2 aromatic rings. The van der Waals surface area contributed by atoms with Crippen molar-refractivity contribution in [2.75, 3.05) is 20.1 Å². The summed E-state index contributed by atoms with van der Waals surface area (Å²) in [6.45, 7) is 1.64. The Hall–Kier alpha value is -0.960. The van der Waals surface area contributed by atoms with Crippen molar-refractivity contribution in [3.8, 4) is 10.7 Å². The van der Waals surface area contributed by atoms with E-state index in [-0.39, 0.29) is 18.3 Å². The summed E-state index contributed by atoms with van der Waals surface area (Å²) in [6.07, 6.45) is 2.94. The lowest BCUT2D eigenvalue weighted by molar-refractivity contribution is -0.132. The summed E-state index contributed by atoms with van der Waals surface area (Å²) in [5, 5.41) is 9.23. The first-order valence-electron chi connectivity index (χ1n) is 7.67. The second-order valence-electron chi connectivity index (χ2n) is 5.58. The molecule has 1 saturated heterocycles. The van der Waals surface area contributed by atoms with Crippen LogP contribution in [0.15, 0.2) is 20.4 Å². The van der Waals surface area contributed by atoms with E-state index in [2.05, 4.69) is 31.4 Å². The zero-order valence-corrected chi connectivity index (χ0v) is 16.5. The smallest absolute Gasteiger partial charge is 0.227 e. The number of hydrogen-bond donors (Lipinski definition) is 1. The van der Waals surface area contributed by atoms with Gasteiger partial charge in [-0.25, -0.2) is 0 Å². The van der Waals surface area contributed by atoms with Crippen LogP contribution >= 0.6 is 39.7 Å². The summed E-state index contributed by atoms with van der Waals surface area (Å²) in [7, 11) is 1.97. The van der Waals surface area contributed by atoms with E-state index in [1.54, 1.807) is 11.3 Å². The lowest BCUT2D eigenvalue weighted by Crippen LogP contribution is -2.44. The lowest BCUT2D eigenvalue weighted by atomic mass is 10.0. The van der Waals surface area contributed by atoms with Gasteiger partial charge < -0.3 is 14.7 Å². The number of amides is 1. The van der Waals surface area contributed by atoms with Crippen LogP contribution < -0.4 is 5.32 Å². The Kier molecular flexibility index (Phi) is 7.21. The molecule has 24 heavy (non-hydrogen) atoms. The van der Waals surface area contributed by atoms with Crippen molar-refractivity contribution in [3.05, 3.63) is 21.8 Å². The van der Waals surface area contributed by atoms with E-state index >= 15 is 0 Å². The van der Waals surface area contributed by atoms with Crippen molar-refractivity contribution < 1.29 is 9.32 Å². The molecule has 6 nitrogen and oxygen atoms in total. The van der Waals surface area contributed by atoms with Crippen LogP contribution in [-0.2, 0) is 11.2 Å². The average molecular weight is 436 g/mol. The molecule has 0 bridgehead atoms. The van der Waals surface area contributed by atoms with Gasteiger partial charge in [-0.3, -0.25) is 4.79 Å². The number of thiophene rings is 1. The van der Waals surface area contributed by atoms with Crippen molar-refractivity contribution >= 4 is 45.6 Å². The van der Waals surface area contributed by atoms with Crippen molar-refractivity contribution in [2.24, 2.45) is 0 Å². The molecule has 1 amide bonds. The Labute approximate surface area is 159 Å². The molecule has 1 N–H and O–H groups in total. The van der Waals surface area contributed by atoms with Crippen LogP contribution in [0, 0.1) is 0 Å². The number of rotatable bonds is 5. The minimum atomic E-state index is 0. The molecule has 0 aromatic carbocycles. The van der Waals surface area contributed by atoms with E-state index in [0.717, 1.165) is 35.3 Å². The summed E-state index contributed by atoms with van der Waals surface area (Å²) in [5.41, 5.74) is 0. The highest BCUT2D eigenvalue weighted by Gasteiger charge is 2.22. The van der Waals surface area contributed by atoms with Crippen LogP contribution in [0.5, 0.6) is 0 Å². The van der Waals surface area contributed by atoms with Crippen LogP contribution in [0.3, 0.4) is 0 Å². The number of carbonyl (C=O) groups is 1. The number of hydrogen-bond acceptors (Lipinski definition) is 6. The number of nitrogens with zero attached hydrogens (tertiary/aromatic N) is 3. The van der Waals surface area contributed by atoms with E-state index < -0.39 is 0 Å². The topological polar surface area (TPSA) is 71.3 Å². The van der Waals surface area contributed by atoms with Crippen LogP contribution in [-0.4, -0.2) is 47.1 Å². The maximum absolute atomic E-state index is 12.3. The van der Waals surface area contributed by atoms with E-state index in [1.807, 2.05) is 23.4 Å². The number of nitrogens with one attached hydrogen (secondary N) is 1. The molecule has 3 rings (SSSR count). The first-order chi connectivity index (χ1) is 11.2. The predicted molar refractivity (Wildman–Crippen MR) is 99.5 cm³/mol. The van der Waals surface area contributed by atoms with Crippen LogP contribution in [0.25, 0.3) is 10.7 Å². The van der Waals surface area contributed by atoms with Crippen LogP contribution in [0.1, 0.15) is 25.2 Å². The van der Waals surface area contributed by atoms with Gasteiger partial charge in [0, 0.05) is 41.8 Å². The minimum absolute atomic E-state index is 0. The minimum Gasteiger partial charge on any atom is -0.343 e. The second-order valence-corrected chi connectivity index (χ2v) is 7.41. The molecule has 0 unspecified atom stereocenters. The summed E-state index contributed by atoms with van der Waals surface area (Å²) >= 11 is 4.96. The van der Waals surface area contributed by atoms with E-state index in [9.17, 15) is 4.79 Å². The Balaban J connectivity index is 0.00000208. The molecule has 0 radical (unpaired) electrons. The maximum atomic E-state index is 12.3. The molecule has 0 saturated carbocycles. The molecule has 132 valence electrons. The largest absolute Gasteiger partial charge is 0.343 e. The van der Waals surface area contributed by atoms with Gasteiger partial charge in [-0.05, 0) is 41.9 Å². The predicted octanol–water partition coefficient (Wildman–Crippen LogP) is 3.13. The number of carbonyl (C=O) groups excluding carboxylic acids is 1. The maximum Gasteiger partial charge on any atom is 0.227 e.